The van der Waals surface area contributed by atoms with Gasteiger partial charge in [0.2, 0.25) is 0 Å². The Morgan fingerprint density at radius 2 is 2.07 bits per heavy atom. The number of amides is 3. The van der Waals surface area contributed by atoms with Crippen LogP contribution in [0.5, 0.6) is 0 Å². The molecule has 0 bridgehead atoms. The minimum Gasteiger partial charge on any atom is -0.322 e. The van der Waals surface area contributed by atoms with Crippen LogP contribution in [0.15, 0.2) is 18.2 Å². The summed E-state index contributed by atoms with van der Waals surface area (Å²) in [5, 5.41) is 4.49. The van der Waals surface area contributed by atoms with Crippen LogP contribution < -0.4 is 10.6 Å². The molecule has 0 radical (unpaired) electrons. The van der Waals surface area contributed by atoms with Crippen LogP contribution in [0.4, 0.5) is 9.18 Å². The molecule has 1 heterocycles. The molecule has 2 N–H and O–H groups in total. The van der Waals surface area contributed by atoms with Crippen molar-refractivity contribution in [2.45, 2.75) is 13.0 Å². The fourth-order valence-electron chi connectivity index (χ4n) is 1.44. The van der Waals surface area contributed by atoms with Crippen molar-refractivity contribution in [3.63, 3.8) is 0 Å². The zero-order chi connectivity index (χ0) is 11.0. The average Bonchev–Trinajstić information content (AvgIpc) is 2.50. The van der Waals surface area contributed by atoms with Crippen molar-refractivity contribution in [2.24, 2.45) is 0 Å². The Kier molecular flexibility index (Phi) is 2.15. The normalized spacial score (nSPS) is 20.0. The van der Waals surface area contributed by atoms with Gasteiger partial charge in [0.1, 0.15) is 11.9 Å². The van der Waals surface area contributed by atoms with E-state index in [9.17, 15) is 14.0 Å². The van der Waals surface area contributed by atoms with E-state index in [-0.39, 0.29) is 5.82 Å². The lowest BCUT2D eigenvalue weighted by Crippen LogP contribution is -2.22. The molecule has 0 spiro atoms. The first-order valence-corrected chi connectivity index (χ1v) is 4.45. The van der Waals surface area contributed by atoms with Gasteiger partial charge in [-0.1, -0.05) is 12.1 Å². The first-order chi connectivity index (χ1) is 7.08. The summed E-state index contributed by atoms with van der Waals surface area (Å²) in [6, 6.07) is 3.11. The van der Waals surface area contributed by atoms with Gasteiger partial charge in [0.25, 0.3) is 5.91 Å². The summed E-state index contributed by atoms with van der Waals surface area (Å²) in [6.45, 7) is 1.63. The molecule has 1 atom stereocenters. The minimum absolute atomic E-state index is 0.388. The van der Waals surface area contributed by atoms with Crippen molar-refractivity contribution >= 4 is 11.9 Å². The van der Waals surface area contributed by atoms with E-state index in [1.807, 2.05) is 0 Å². The number of aryl methyl sites for hydroxylation is 1. The second-order valence-electron chi connectivity index (χ2n) is 3.40. The molecule has 0 aromatic heterocycles. The Morgan fingerprint density at radius 3 is 2.60 bits per heavy atom. The monoisotopic (exact) mass is 208 g/mol. The maximum absolute atomic E-state index is 13.2. The number of hydrogen-bond acceptors (Lipinski definition) is 2. The largest absolute Gasteiger partial charge is 0.322 e. The Balaban J connectivity index is 2.34. The predicted molar refractivity (Wildman–Crippen MR) is 50.6 cm³/mol. The smallest absolute Gasteiger partial charge is 0.322 e. The maximum Gasteiger partial charge on any atom is 0.322 e. The molecule has 1 aliphatic heterocycles. The molecule has 3 amide bonds. The summed E-state index contributed by atoms with van der Waals surface area (Å²) in [6.07, 6.45) is 0. The van der Waals surface area contributed by atoms with Crippen molar-refractivity contribution in [2.75, 3.05) is 0 Å². The molecule has 15 heavy (non-hydrogen) atoms. The third kappa shape index (κ3) is 1.68. The van der Waals surface area contributed by atoms with E-state index < -0.39 is 18.0 Å². The van der Waals surface area contributed by atoms with Crippen molar-refractivity contribution in [3.05, 3.63) is 35.1 Å². The number of hydrogen-bond donors (Lipinski definition) is 2. The minimum atomic E-state index is -0.785. The van der Waals surface area contributed by atoms with Gasteiger partial charge >= 0.3 is 6.03 Å². The molecule has 0 aliphatic carbocycles. The van der Waals surface area contributed by atoms with Gasteiger partial charge in [-0.15, -0.1) is 0 Å². The van der Waals surface area contributed by atoms with Crippen LogP contribution in [-0.2, 0) is 4.79 Å². The summed E-state index contributed by atoms with van der Waals surface area (Å²) in [4.78, 5) is 22.1. The van der Waals surface area contributed by atoms with E-state index in [0.717, 1.165) is 0 Å². The molecule has 1 fully saturated rings. The van der Waals surface area contributed by atoms with Crippen LogP contribution in [0.3, 0.4) is 0 Å². The van der Waals surface area contributed by atoms with Crippen molar-refractivity contribution in [1.29, 1.82) is 0 Å². The third-order valence-electron chi connectivity index (χ3n) is 2.30. The maximum atomic E-state index is 13.2. The fraction of sp³-hybridized carbons (Fsp3) is 0.200. The second kappa shape index (κ2) is 3.34. The van der Waals surface area contributed by atoms with E-state index in [0.29, 0.717) is 11.1 Å². The molecule has 1 aliphatic rings. The van der Waals surface area contributed by atoms with Gasteiger partial charge in [-0.05, 0) is 24.1 Å². The summed E-state index contributed by atoms with van der Waals surface area (Å²) in [5.41, 5.74) is 0.949. The Labute approximate surface area is 85.5 Å². The first kappa shape index (κ1) is 9.64. The highest BCUT2D eigenvalue weighted by Gasteiger charge is 2.30. The topological polar surface area (TPSA) is 58.2 Å². The van der Waals surface area contributed by atoms with Crippen molar-refractivity contribution in [3.8, 4) is 0 Å². The highest BCUT2D eigenvalue weighted by Crippen LogP contribution is 2.19. The Morgan fingerprint density at radius 1 is 1.33 bits per heavy atom. The lowest BCUT2D eigenvalue weighted by Gasteiger charge is -2.08. The Bertz CT molecular complexity index is 445. The summed E-state index contributed by atoms with van der Waals surface area (Å²) < 4.78 is 13.2. The van der Waals surface area contributed by atoms with Crippen LogP contribution in [-0.4, -0.2) is 11.9 Å². The Hall–Kier alpha value is -1.91. The van der Waals surface area contributed by atoms with Gasteiger partial charge < -0.3 is 5.32 Å². The third-order valence-corrected chi connectivity index (χ3v) is 2.30. The van der Waals surface area contributed by atoms with Gasteiger partial charge in [0.05, 0.1) is 0 Å². The summed E-state index contributed by atoms with van der Waals surface area (Å²) in [5.74, 6) is -0.843. The molecule has 0 saturated carbocycles. The molecule has 1 aromatic carbocycles. The number of halogens is 1. The molecule has 0 unspecified atom stereocenters. The van der Waals surface area contributed by atoms with Crippen LogP contribution in [0.1, 0.15) is 17.2 Å². The van der Waals surface area contributed by atoms with Crippen LogP contribution in [0.25, 0.3) is 0 Å². The number of imide groups is 1. The molecule has 1 saturated heterocycles. The number of urea groups is 1. The molecule has 5 heteroatoms. The average molecular weight is 208 g/mol. The van der Waals surface area contributed by atoms with Crippen LogP contribution >= 0.6 is 0 Å². The van der Waals surface area contributed by atoms with Crippen molar-refractivity contribution in [1.82, 2.24) is 10.6 Å². The van der Waals surface area contributed by atoms with E-state index in [1.165, 1.54) is 6.07 Å². The van der Waals surface area contributed by atoms with E-state index in [2.05, 4.69) is 10.6 Å². The highest BCUT2D eigenvalue weighted by atomic mass is 19.1. The molecule has 78 valence electrons. The fourth-order valence-corrected chi connectivity index (χ4v) is 1.44. The van der Waals surface area contributed by atoms with Crippen LogP contribution in [0.2, 0.25) is 0 Å². The van der Waals surface area contributed by atoms with E-state index in [1.54, 1.807) is 19.1 Å². The van der Waals surface area contributed by atoms with Crippen molar-refractivity contribution < 1.29 is 14.0 Å². The zero-order valence-corrected chi connectivity index (χ0v) is 8.00. The highest BCUT2D eigenvalue weighted by molar-refractivity contribution is 6.04. The van der Waals surface area contributed by atoms with Gasteiger partial charge in [0.15, 0.2) is 0 Å². The molecular weight excluding hydrogens is 199 g/mol. The van der Waals surface area contributed by atoms with Gasteiger partial charge in [-0.3, -0.25) is 10.1 Å². The molecular formula is C10H9FN2O2. The standard InChI is InChI=1S/C10H9FN2O2/c1-5-2-3-6(4-7(5)11)8-9(14)13-10(15)12-8/h2-4,8H,1H3,(H2,12,13,14,15)/t8-/m0/s1. The summed E-state index contributed by atoms with van der Waals surface area (Å²) >= 11 is 0. The molecule has 4 nitrogen and oxygen atoms in total. The zero-order valence-electron chi connectivity index (χ0n) is 8.00. The second-order valence-corrected chi connectivity index (χ2v) is 3.40. The van der Waals surface area contributed by atoms with Gasteiger partial charge in [-0.2, -0.15) is 0 Å². The van der Waals surface area contributed by atoms with Gasteiger partial charge in [0, 0.05) is 0 Å². The number of carbonyl (C=O) groups excluding carboxylic acids is 2. The summed E-state index contributed by atoms with van der Waals surface area (Å²) in [7, 11) is 0. The molecule has 2 rings (SSSR count). The van der Waals surface area contributed by atoms with E-state index >= 15 is 0 Å². The number of carbonyl (C=O) groups is 2. The lowest BCUT2D eigenvalue weighted by atomic mass is 10.1. The lowest BCUT2D eigenvalue weighted by molar-refractivity contribution is -0.120. The molecule has 1 aromatic rings. The number of benzene rings is 1. The first-order valence-electron chi connectivity index (χ1n) is 4.45. The quantitative estimate of drug-likeness (QED) is 0.677. The predicted octanol–water partition coefficient (Wildman–Crippen LogP) is 1.01. The van der Waals surface area contributed by atoms with E-state index in [4.69, 9.17) is 0 Å². The number of rotatable bonds is 1. The van der Waals surface area contributed by atoms with Crippen LogP contribution in [0, 0.1) is 12.7 Å². The number of nitrogens with one attached hydrogen (secondary N) is 2. The SMILES string of the molecule is Cc1ccc([C@@H]2NC(=O)NC2=O)cc1F. The van der Waals surface area contributed by atoms with Gasteiger partial charge in [-0.25, -0.2) is 9.18 Å².